The summed E-state index contributed by atoms with van der Waals surface area (Å²) in [6, 6.07) is 25.1. The molecule has 0 fully saturated rings. The number of hydrogen-bond acceptors (Lipinski definition) is 14. The predicted molar refractivity (Wildman–Crippen MR) is 245 cm³/mol. The van der Waals surface area contributed by atoms with Crippen molar-refractivity contribution in [3.05, 3.63) is 117 Å². The molecular formula is C48H58DyN7O12. The van der Waals surface area contributed by atoms with E-state index in [1.165, 1.54) is 13.8 Å². The fourth-order valence-electron chi connectivity index (χ4n) is 4.70. The molecule has 367 valence electrons. The number of quaternary nitrogens is 1. The Bertz CT molecular complexity index is 2050. The number of carboxylic acids is 4. The summed E-state index contributed by atoms with van der Waals surface area (Å²) in [6.07, 6.45) is 0. The third-order valence-corrected chi connectivity index (χ3v) is 7.62. The summed E-state index contributed by atoms with van der Waals surface area (Å²) in [5.74, 6) is -11.4. The first-order chi connectivity index (χ1) is 30.9. The monoisotopic (exact) mass is 1090 g/mol. The molecule has 0 aliphatic heterocycles. The number of aryl methyl sites for hydroxylation is 8. The van der Waals surface area contributed by atoms with Gasteiger partial charge in [-0.2, -0.15) is 10.5 Å². The first kappa shape index (κ1) is 67.4. The van der Waals surface area contributed by atoms with Crippen LogP contribution in [0, 0.1) is 116 Å². The smallest absolute Gasteiger partial charge is 0.540 e. The second-order valence-electron chi connectivity index (χ2n) is 15.2. The molecule has 0 saturated heterocycles. The van der Waals surface area contributed by atoms with Gasteiger partial charge in [0.25, 0.3) is 23.6 Å². The van der Waals surface area contributed by atoms with E-state index in [-0.39, 0.29) is 38.2 Å². The first-order valence-corrected chi connectivity index (χ1v) is 19.7. The van der Waals surface area contributed by atoms with Gasteiger partial charge < -0.3 is 65.4 Å². The maximum atomic E-state index is 10.8. The molecule has 4 amide bonds. The fourth-order valence-corrected chi connectivity index (χ4v) is 4.70. The Morgan fingerprint density at radius 3 is 0.574 bits per heavy atom. The number of hydrogen-bond donors (Lipinski definition) is 4. The van der Waals surface area contributed by atoms with E-state index in [9.17, 15) is 58.8 Å². The number of carboxylic acid groups (broad SMARTS) is 4. The minimum Gasteiger partial charge on any atom is -0.540 e. The van der Waals surface area contributed by atoms with Crippen LogP contribution in [0.25, 0.3) is 0 Å². The quantitative estimate of drug-likeness (QED) is 0.166. The first-order valence-electron chi connectivity index (χ1n) is 19.7. The van der Waals surface area contributed by atoms with Crippen LogP contribution in [0.5, 0.6) is 0 Å². The number of nitrogens with one attached hydrogen (secondary N) is 4. The van der Waals surface area contributed by atoms with Crippen molar-refractivity contribution in [2.24, 2.45) is 0 Å². The number of rotatable bonds is 4. The van der Waals surface area contributed by atoms with Crippen LogP contribution in [-0.2, 0) is 38.4 Å². The van der Waals surface area contributed by atoms with E-state index in [2.05, 4.69) is 49.5 Å². The molecule has 4 aromatic carbocycles. The Hall–Kier alpha value is -7.15. The Kier molecular flexibility index (Phi) is 34.8. The zero-order chi connectivity index (χ0) is 52.8. The molecule has 4 aromatic rings. The van der Waals surface area contributed by atoms with Crippen LogP contribution in [0.1, 0.15) is 58.4 Å². The largest absolute Gasteiger partial charge is 3.00 e. The number of amides is 4. The molecule has 4 N–H and O–H groups in total. The van der Waals surface area contributed by atoms with E-state index in [4.69, 9.17) is 10.5 Å². The predicted octanol–water partition coefficient (Wildman–Crippen LogP) is 1.35. The number of para-hydroxylation sites is 4. The molecule has 0 unspecified atom stereocenters. The van der Waals surface area contributed by atoms with Gasteiger partial charge in [-0.05, 0) is 99.9 Å². The van der Waals surface area contributed by atoms with Crippen LogP contribution >= 0.6 is 0 Å². The average molecular weight is 1090 g/mol. The Morgan fingerprint density at radius 1 is 0.382 bits per heavy atom. The van der Waals surface area contributed by atoms with Crippen molar-refractivity contribution in [2.75, 3.05) is 49.5 Å². The van der Waals surface area contributed by atoms with E-state index in [1.54, 1.807) is 116 Å². The molecule has 0 atom stereocenters. The molecule has 0 aliphatic rings. The zero-order valence-electron chi connectivity index (χ0n) is 40.5. The topological polar surface area (TPSA) is 324 Å². The van der Waals surface area contributed by atoms with Gasteiger partial charge in [0.15, 0.2) is 0 Å². The summed E-state index contributed by atoms with van der Waals surface area (Å²) in [4.78, 5) is 84.2. The number of benzene rings is 4. The van der Waals surface area contributed by atoms with Crippen LogP contribution in [0.3, 0.4) is 0 Å². The van der Waals surface area contributed by atoms with E-state index in [0.29, 0.717) is 22.7 Å². The van der Waals surface area contributed by atoms with Gasteiger partial charge in [0.05, 0.1) is 40.3 Å². The van der Waals surface area contributed by atoms with Gasteiger partial charge in [-0.3, -0.25) is 19.2 Å². The van der Waals surface area contributed by atoms with E-state index in [0.717, 1.165) is 49.0 Å². The van der Waals surface area contributed by atoms with Gasteiger partial charge in [-0.25, -0.2) is 0 Å². The van der Waals surface area contributed by atoms with Crippen molar-refractivity contribution < 1.29 is 101 Å². The summed E-state index contributed by atoms with van der Waals surface area (Å²) in [7, 11) is 8.50. The molecule has 0 spiro atoms. The zero-order valence-corrected chi connectivity index (χ0v) is 42.5. The molecule has 0 heterocycles. The van der Waals surface area contributed by atoms with Crippen LogP contribution in [0.4, 0.5) is 22.7 Å². The molecule has 20 heteroatoms. The molecule has 1 radical (unpaired) electrons. The van der Waals surface area contributed by atoms with Crippen molar-refractivity contribution >= 4 is 70.3 Å². The number of carbonyl (C=O) groups is 8. The summed E-state index contributed by atoms with van der Waals surface area (Å²) in [6.45, 7) is 17.2. The molecular weight excluding hydrogens is 1030 g/mol. The van der Waals surface area contributed by atoms with Crippen LogP contribution in [-0.4, -0.2) is 80.2 Å². The average Bonchev–Trinajstić information content (AvgIpc) is 3.21. The Labute approximate surface area is 427 Å². The Morgan fingerprint density at radius 2 is 0.485 bits per heavy atom. The maximum absolute atomic E-state index is 10.8. The summed E-state index contributed by atoms with van der Waals surface area (Å²) in [5, 5.41) is 64.6. The van der Waals surface area contributed by atoms with Gasteiger partial charge >= 0.3 is 38.2 Å². The minimum absolute atomic E-state index is 0. The second kappa shape index (κ2) is 35.1. The van der Waals surface area contributed by atoms with E-state index < -0.39 is 47.5 Å². The summed E-state index contributed by atoms with van der Waals surface area (Å²) < 4.78 is 1.00. The third-order valence-electron chi connectivity index (χ3n) is 7.62. The normalized spacial score (nSPS) is 9.00. The van der Waals surface area contributed by atoms with E-state index in [1.807, 2.05) is 24.3 Å². The van der Waals surface area contributed by atoms with Crippen molar-refractivity contribution in [3.63, 3.8) is 0 Å². The fraction of sp³-hybridized carbons (Fsp3) is 0.292. The van der Waals surface area contributed by atoms with Gasteiger partial charge in [-0.1, -0.05) is 72.8 Å². The number of nitrogens with zero attached hydrogens (tertiary/aromatic N) is 3. The number of nitriles is 2. The minimum atomic E-state index is -1.73. The summed E-state index contributed by atoms with van der Waals surface area (Å²) >= 11 is 0. The second-order valence-corrected chi connectivity index (χ2v) is 15.2. The van der Waals surface area contributed by atoms with Crippen molar-refractivity contribution in [2.45, 2.75) is 69.2 Å². The van der Waals surface area contributed by atoms with Crippen molar-refractivity contribution in [3.8, 4) is 12.1 Å². The molecule has 68 heavy (non-hydrogen) atoms. The maximum Gasteiger partial charge on any atom is 3.00 e. The molecule has 0 aromatic heterocycles. The van der Waals surface area contributed by atoms with E-state index >= 15 is 0 Å². The SMILES string of the molecule is CC#N.CC#N.C[N+](C)(C)C.Cc1cccc(C)c1NC(=O)C(=O)[O-].Cc1cccc(C)c1NC(=O)C(=O)[O-].Cc1cccc(C)c1NC(=O)C(=O)[O-].Cc1cccc(C)c1NC(=O)C(=O)[O-].[Dy+3]. The molecule has 19 nitrogen and oxygen atoms in total. The molecule has 4 rings (SSSR count). The number of carbonyl (C=O) groups excluding carboxylic acids is 8. The van der Waals surface area contributed by atoms with Crippen LogP contribution in [0.15, 0.2) is 72.8 Å². The number of anilines is 4. The summed E-state index contributed by atoms with van der Waals surface area (Å²) in [5.41, 5.74) is 8.67. The molecule has 0 aliphatic carbocycles. The molecule has 0 bridgehead atoms. The van der Waals surface area contributed by atoms with Crippen molar-refractivity contribution in [1.82, 2.24) is 0 Å². The standard InChI is InChI=1S/4C10H11NO3.C4H12N.2C2H3N.Dy/c4*1-6-4-3-5-7(2)8(6)11-9(12)10(13)14;1-5(2,3)4;2*1-2-3;/h4*3-5H,1-2H3,(H,11,12)(H,13,14);1-4H3;2*1H3;/q;;;;+1;;;+3/p-4. The number of aliphatic carboxylic acids is 4. The Balaban J connectivity index is -0.000000372. The van der Waals surface area contributed by atoms with Gasteiger partial charge in [0.2, 0.25) is 0 Å². The van der Waals surface area contributed by atoms with Gasteiger partial charge in [0.1, 0.15) is 23.9 Å². The van der Waals surface area contributed by atoms with Crippen LogP contribution < -0.4 is 41.7 Å². The molecule has 0 saturated carbocycles. The van der Waals surface area contributed by atoms with Gasteiger partial charge in [0, 0.05) is 36.6 Å². The van der Waals surface area contributed by atoms with Crippen molar-refractivity contribution in [1.29, 1.82) is 10.5 Å². The van der Waals surface area contributed by atoms with Gasteiger partial charge in [-0.15, -0.1) is 0 Å². The third kappa shape index (κ3) is 30.1. The van der Waals surface area contributed by atoms with Crippen LogP contribution in [0.2, 0.25) is 0 Å².